The molecule has 0 aromatic carbocycles. The van der Waals surface area contributed by atoms with E-state index in [1.54, 1.807) is 5.43 Å². The Morgan fingerprint density at radius 3 is 2.80 bits per heavy atom. The highest BCUT2D eigenvalue weighted by Gasteiger charge is 1.98. The van der Waals surface area contributed by atoms with Crippen molar-refractivity contribution in [1.82, 2.24) is 10.4 Å². The fourth-order valence-electron chi connectivity index (χ4n) is 0.413. The van der Waals surface area contributed by atoms with Crippen molar-refractivity contribution in [2.45, 2.75) is 0 Å². The van der Waals surface area contributed by atoms with Gasteiger partial charge in [-0.1, -0.05) is 0 Å². The van der Waals surface area contributed by atoms with Crippen LogP contribution >= 0.6 is 0 Å². The lowest BCUT2D eigenvalue weighted by Gasteiger charge is -1.95. The van der Waals surface area contributed by atoms with E-state index in [-0.39, 0.29) is 0 Å². The zero-order valence-electron chi connectivity index (χ0n) is 8.93. The number of rotatable bonds is 1. The number of carbonyl (C=O) groups excluding carboxylic acids is 1. The third-order valence-corrected chi connectivity index (χ3v) is 0.832. The molecule has 0 fully saturated rings. The number of pyridine rings is 1. The highest BCUT2D eigenvalue weighted by Crippen LogP contribution is 1.93. The van der Waals surface area contributed by atoms with E-state index in [1.165, 1.54) is 0 Å². The molecule has 3 N–H and O–H groups in total. The summed E-state index contributed by atoms with van der Waals surface area (Å²) in [7, 11) is 0. The lowest BCUT2D eigenvalue weighted by molar-refractivity contribution is 0.0953. The molecule has 4 nitrogen and oxygen atoms in total. The second kappa shape index (κ2) is 2.93. The highest BCUT2D eigenvalue weighted by molar-refractivity contribution is 5.93. The van der Waals surface area contributed by atoms with E-state index < -0.39 is 35.9 Å². The Labute approximate surface area is 63.7 Å². The predicted octanol–water partition coefficient (Wildman–Crippen LogP) is -0.315. The summed E-state index contributed by atoms with van der Waals surface area (Å²) in [6.45, 7) is 0. The first-order valence-electron chi connectivity index (χ1n) is 4.44. The molecule has 1 aromatic heterocycles. The summed E-state index contributed by atoms with van der Waals surface area (Å²) in [5.41, 5.74) is 1.34. The molecular weight excluding hydrogens is 130 g/mol. The molecule has 0 aliphatic carbocycles. The van der Waals surface area contributed by atoms with E-state index in [2.05, 4.69) is 4.98 Å². The Morgan fingerprint density at radius 1 is 1.70 bits per heavy atom. The summed E-state index contributed by atoms with van der Waals surface area (Å²) in [4.78, 5) is 14.4. The number of amides is 1. The summed E-state index contributed by atoms with van der Waals surface area (Å²) in [6.07, 6.45) is -1.05. The summed E-state index contributed by atoms with van der Waals surface area (Å²) in [5.74, 6) is 3.96. The van der Waals surface area contributed by atoms with E-state index in [4.69, 9.17) is 11.3 Å². The number of nitrogens with two attached hydrogens (primary N) is 1. The summed E-state index contributed by atoms with van der Waals surface area (Å²) in [5, 5.41) is 0. The Bertz CT molecular complexity index is 369. The van der Waals surface area contributed by atoms with Gasteiger partial charge in [0.2, 0.25) is 0 Å². The van der Waals surface area contributed by atoms with Gasteiger partial charge in [0.15, 0.2) is 0 Å². The van der Waals surface area contributed by atoms with Crippen LogP contribution in [0.2, 0.25) is 0 Å². The standard InChI is InChI=1S/C6H7N3O/c7-9-6(10)5-1-3-8-4-2-5/h1-4H,7H2,(H,9,10)/i1D,2D,3D,4D. The van der Waals surface area contributed by atoms with Crippen LogP contribution < -0.4 is 11.3 Å². The molecule has 0 spiro atoms. The zero-order chi connectivity index (χ0) is 10.9. The molecule has 4 heteroatoms. The van der Waals surface area contributed by atoms with Crippen molar-refractivity contribution in [2.75, 3.05) is 0 Å². The third-order valence-electron chi connectivity index (χ3n) is 0.832. The molecular formula is C6H7N3O. The molecule has 1 aromatic rings. The van der Waals surface area contributed by atoms with Crippen molar-refractivity contribution in [3.8, 4) is 0 Å². The molecule has 0 saturated heterocycles. The topological polar surface area (TPSA) is 68.0 Å². The van der Waals surface area contributed by atoms with Crippen LogP contribution in [0.3, 0.4) is 0 Å². The Balaban J connectivity index is 3.47. The smallest absolute Gasteiger partial charge is 0.265 e. The van der Waals surface area contributed by atoms with Gasteiger partial charge < -0.3 is 0 Å². The summed E-state index contributed by atoms with van der Waals surface area (Å²) in [6, 6.07) is -1.01. The van der Waals surface area contributed by atoms with E-state index in [9.17, 15) is 4.79 Å². The first-order chi connectivity index (χ1) is 6.49. The number of aromatic nitrogens is 1. The maximum absolute atomic E-state index is 11.1. The fraction of sp³-hybridized carbons (Fsp3) is 0. The van der Waals surface area contributed by atoms with E-state index in [0.717, 1.165) is 0 Å². The van der Waals surface area contributed by atoms with Gasteiger partial charge in [-0.25, -0.2) is 5.84 Å². The van der Waals surface area contributed by atoms with Gasteiger partial charge in [-0.05, 0) is 12.1 Å². The van der Waals surface area contributed by atoms with Gasteiger partial charge >= 0.3 is 0 Å². The van der Waals surface area contributed by atoms with Gasteiger partial charge in [0.1, 0.15) is 0 Å². The van der Waals surface area contributed by atoms with Gasteiger partial charge in [-0.2, -0.15) is 0 Å². The Morgan fingerprint density at radius 2 is 2.30 bits per heavy atom. The van der Waals surface area contributed by atoms with Gasteiger partial charge in [0.25, 0.3) is 5.91 Å². The van der Waals surface area contributed by atoms with Crippen molar-refractivity contribution in [3.05, 3.63) is 30.0 Å². The second-order valence-electron chi connectivity index (χ2n) is 1.43. The number of hydrogen-bond acceptors (Lipinski definition) is 3. The largest absolute Gasteiger partial charge is 0.290 e. The van der Waals surface area contributed by atoms with Crippen LogP contribution in [0.4, 0.5) is 0 Å². The molecule has 0 aliphatic heterocycles. The van der Waals surface area contributed by atoms with Crippen LogP contribution in [-0.2, 0) is 0 Å². The maximum atomic E-state index is 11.1. The highest BCUT2D eigenvalue weighted by atomic mass is 16.2. The first kappa shape index (κ1) is 3.12. The van der Waals surface area contributed by atoms with Crippen molar-refractivity contribution in [2.24, 2.45) is 5.84 Å². The minimum atomic E-state index is -0.871. The Kier molecular flexibility index (Phi) is 0.913. The van der Waals surface area contributed by atoms with Gasteiger partial charge in [0, 0.05) is 17.9 Å². The number of nitrogens with zero attached hydrogens (tertiary/aromatic N) is 1. The minimum Gasteiger partial charge on any atom is -0.290 e. The van der Waals surface area contributed by atoms with Crippen LogP contribution in [0.5, 0.6) is 0 Å². The number of hydrazine groups is 1. The molecule has 0 saturated carbocycles. The third kappa shape index (κ3) is 1.29. The zero-order valence-corrected chi connectivity index (χ0v) is 4.93. The summed E-state index contributed by atoms with van der Waals surface area (Å²) < 4.78 is 28.9. The normalized spacial score (nSPS) is 14.5. The van der Waals surface area contributed by atoms with Crippen molar-refractivity contribution in [3.63, 3.8) is 0 Å². The van der Waals surface area contributed by atoms with Gasteiger partial charge in [-0.15, -0.1) is 0 Å². The van der Waals surface area contributed by atoms with Crippen LogP contribution in [0.15, 0.2) is 24.4 Å². The van der Waals surface area contributed by atoms with Crippen LogP contribution in [-0.4, -0.2) is 10.9 Å². The number of nitrogens with one attached hydrogen (secondary N) is 1. The molecule has 10 heavy (non-hydrogen) atoms. The molecule has 1 heterocycles. The average molecular weight is 141 g/mol. The van der Waals surface area contributed by atoms with E-state index >= 15 is 0 Å². The number of nitrogen functional groups attached to an aromatic ring is 1. The van der Waals surface area contributed by atoms with E-state index in [1.807, 2.05) is 0 Å². The maximum Gasteiger partial charge on any atom is 0.265 e. The minimum absolute atomic E-state index is 0.405. The molecule has 0 unspecified atom stereocenters. The summed E-state index contributed by atoms with van der Waals surface area (Å²) >= 11 is 0. The molecule has 0 radical (unpaired) electrons. The molecule has 0 aliphatic rings. The molecule has 0 bridgehead atoms. The lowest BCUT2D eigenvalue weighted by atomic mass is 10.3. The molecule has 52 valence electrons. The first-order valence-corrected chi connectivity index (χ1v) is 2.44. The van der Waals surface area contributed by atoms with Gasteiger partial charge in [-0.3, -0.25) is 15.2 Å². The van der Waals surface area contributed by atoms with Crippen molar-refractivity contribution >= 4 is 5.91 Å². The van der Waals surface area contributed by atoms with Crippen LogP contribution in [0, 0.1) is 0 Å². The molecule has 0 atom stereocenters. The monoisotopic (exact) mass is 141 g/mol. The SMILES string of the molecule is [2H]c1nc([2H])c([2H])c(C(=O)NN)c1[2H]. The number of hydrogen-bond donors (Lipinski definition) is 2. The molecule has 1 rings (SSSR count). The average Bonchev–Trinajstić information content (AvgIpc) is 2.15. The fourth-order valence-corrected chi connectivity index (χ4v) is 0.413. The predicted molar refractivity (Wildman–Crippen MR) is 35.9 cm³/mol. The Hall–Kier alpha value is -1.42. The van der Waals surface area contributed by atoms with Crippen LogP contribution in [0.25, 0.3) is 0 Å². The number of carbonyl (C=O) groups is 1. The van der Waals surface area contributed by atoms with Crippen molar-refractivity contribution in [1.29, 1.82) is 0 Å². The lowest BCUT2D eigenvalue weighted by Crippen LogP contribution is -2.29. The van der Waals surface area contributed by atoms with Crippen molar-refractivity contribution < 1.29 is 10.3 Å². The molecule has 1 amide bonds. The van der Waals surface area contributed by atoms with Gasteiger partial charge in [0.05, 0.1) is 5.48 Å². The quantitative estimate of drug-likeness (QED) is 0.320. The second-order valence-corrected chi connectivity index (χ2v) is 1.43. The van der Waals surface area contributed by atoms with E-state index in [0.29, 0.717) is 0 Å². The van der Waals surface area contributed by atoms with Crippen LogP contribution in [0.1, 0.15) is 15.8 Å².